The van der Waals surface area contributed by atoms with E-state index >= 15 is 0 Å². The molecule has 0 aromatic rings. The van der Waals surface area contributed by atoms with Gasteiger partial charge in [-0.3, -0.25) is 0 Å². The lowest BCUT2D eigenvalue weighted by Gasteiger charge is -1.84. The Kier molecular flexibility index (Phi) is 31.2. The van der Waals surface area contributed by atoms with Crippen LogP contribution < -0.4 is 0 Å². The van der Waals surface area contributed by atoms with E-state index in [0.717, 1.165) is 5.88 Å². The van der Waals surface area contributed by atoms with Crippen molar-refractivity contribution in [2.75, 3.05) is 5.88 Å². The van der Waals surface area contributed by atoms with Gasteiger partial charge in [0.05, 0.1) is 0 Å². The molecule has 0 N–H and O–H groups in total. The van der Waals surface area contributed by atoms with E-state index in [1.165, 1.54) is 19.3 Å². The van der Waals surface area contributed by atoms with Gasteiger partial charge in [-0.05, 0) is 6.42 Å². The minimum Gasteiger partial charge on any atom is -0.147 e. The van der Waals surface area contributed by atoms with E-state index in [1.807, 2.05) is 0 Å². The Bertz CT molecular complexity index is 19.6. The minimum atomic E-state index is 0. The van der Waals surface area contributed by atoms with Crippen molar-refractivity contribution in [2.45, 2.75) is 26.2 Å². The molecule has 0 aliphatic heterocycles. The van der Waals surface area contributed by atoms with Gasteiger partial charge < -0.3 is 0 Å². The molecule has 3 heteroatoms. The van der Waals surface area contributed by atoms with Crippen LogP contribution in [0.25, 0.3) is 0 Å². The Morgan fingerprint density at radius 2 is 1.62 bits per heavy atom. The summed E-state index contributed by atoms with van der Waals surface area (Å²) in [5.41, 5.74) is 0. The molecule has 0 aliphatic carbocycles. The fourth-order valence-electron chi connectivity index (χ4n) is 0.344. The van der Waals surface area contributed by atoms with Crippen LogP contribution in [0.2, 0.25) is 0 Å². The van der Waals surface area contributed by atoms with Crippen molar-refractivity contribution in [3.05, 3.63) is 0 Å². The fourth-order valence-corrected chi connectivity index (χ4v) is 0.533. The number of halogens is 3. The maximum atomic E-state index is 5.38. The van der Waals surface area contributed by atoms with E-state index in [0.29, 0.717) is 0 Å². The summed E-state index contributed by atoms with van der Waals surface area (Å²) in [5.74, 6) is 0.827. The molecule has 0 amide bonds. The van der Waals surface area contributed by atoms with Gasteiger partial charge in [0.15, 0.2) is 0 Å². The molecule has 0 spiro atoms. The van der Waals surface area contributed by atoms with Gasteiger partial charge in [0.25, 0.3) is 0 Å². The summed E-state index contributed by atoms with van der Waals surface area (Å²) in [6.07, 6.45) is 3.73. The van der Waals surface area contributed by atoms with Crippen molar-refractivity contribution in [3.8, 4) is 0 Å². The second-order valence-corrected chi connectivity index (χ2v) is 1.77. The maximum absolute atomic E-state index is 5.38. The van der Waals surface area contributed by atoms with Gasteiger partial charge in [-0.1, -0.05) is 19.8 Å². The highest BCUT2D eigenvalue weighted by atomic mass is 35.5. The minimum absolute atomic E-state index is 0. The van der Waals surface area contributed by atoms with Crippen LogP contribution in [-0.2, 0) is 0 Å². The van der Waals surface area contributed by atoms with E-state index in [-0.39, 0.29) is 24.8 Å². The summed E-state index contributed by atoms with van der Waals surface area (Å²) < 4.78 is 0. The quantitative estimate of drug-likeness (QED) is 0.461. The Morgan fingerprint density at radius 1 is 1.12 bits per heavy atom. The van der Waals surface area contributed by atoms with Crippen LogP contribution in [-0.4, -0.2) is 5.88 Å². The van der Waals surface area contributed by atoms with E-state index in [1.54, 1.807) is 0 Å². The van der Waals surface area contributed by atoms with Gasteiger partial charge in [0.2, 0.25) is 0 Å². The van der Waals surface area contributed by atoms with E-state index in [9.17, 15) is 0 Å². The van der Waals surface area contributed by atoms with Gasteiger partial charge in [0, 0.05) is 5.88 Å². The monoisotopic (exact) mass is 178 g/mol. The Balaban J connectivity index is -0.000000125. The smallest absolute Gasteiger partial charge is 0.0223 e. The van der Waals surface area contributed by atoms with Gasteiger partial charge in [-0.15, -0.1) is 36.4 Å². The zero-order valence-corrected chi connectivity index (χ0v) is 7.41. The van der Waals surface area contributed by atoms with Crippen LogP contribution in [0.4, 0.5) is 0 Å². The number of unbranched alkanes of at least 4 members (excludes halogenated alkanes) is 2. The molecule has 0 aromatic carbocycles. The van der Waals surface area contributed by atoms with Gasteiger partial charge in [-0.2, -0.15) is 0 Å². The first-order valence-corrected chi connectivity index (χ1v) is 3.01. The molecule has 54 valence electrons. The Labute approximate surface area is 68.8 Å². The van der Waals surface area contributed by atoms with Crippen molar-refractivity contribution in [3.63, 3.8) is 0 Å². The Hall–Kier alpha value is 0.870. The van der Waals surface area contributed by atoms with Crippen LogP contribution in [0.15, 0.2) is 0 Å². The summed E-state index contributed by atoms with van der Waals surface area (Å²) in [4.78, 5) is 0. The second kappa shape index (κ2) is 15.7. The number of rotatable bonds is 3. The van der Waals surface area contributed by atoms with Crippen molar-refractivity contribution in [1.29, 1.82) is 0 Å². The molecule has 0 aromatic heterocycles. The highest BCUT2D eigenvalue weighted by Crippen LogP contribution is 1.93. The number of alkyl halides is 1. The van der Waals surface area contributed by atoms with Crippen LogP contribution in [0, 0.1) is 0 Å². The van der Waals surface area contributed by atoms with Gasteiger partial charge in [0.1, 0.15) is 0 Å². The van der Waals surface area contributed by atoms with Crippen molar-refractivity contribution >= 4 is 36.4 Å². The predicted octanol–water partition coefficient (Wildman–Crippen LogP) is 3.26. The molecule has 0 saturated carbocycles. The second-order valence-electron chi connectivity index (χ2n) is 1.40. The van der Waals surface area contributed by atoms with E-state index in [2.05, 4.69) is 6.92 Å². The Morgan fingerprint density at radius 3 is 1.75 bits per heavy atom. The van der Waals surface area contributed by atoms with Crippen LogP contribution in [0.1, 0.15) is 26.2 Å². The molecule has 8 heavy (non-hydrogen) atoms. The summed E-state index contributed by atoms with van der Waals surface area (Å²) >= 11 is 5.38. The van der Waals surface area contributed by atoms with Crippen LogP contribution >= 0.6 is 36.4 Å². The lowest BCUT2D eigenvalue weighted by atomic mass is 10.3. The molecule has 0 radical (unpaired) electrons. The van der Waals surface area contributed by atoms with Crippen molar-refractivity contribution in [2.24, 2.45) is 0 Å². The van der Waals surface area contributed by atoms with Gasteiger partial charge in [-0.25, -0.2) is 0 Å². The largest absolute Gasteiger partial charge is 0.147 e. The molecule has 0 bridgehead atoms. The van der Waals surface area contributed by atoms with E-state index < -0.39 is 0 Å². The van der Waals surface area contributed by atoms with Gasteiger partial charge >= 0.3 is 0 Å². The third-order valence-corrected chi connectivity index (χ3v) is 1.00. The van der Waals surface area contributed by atoms with Crippen molar-refractivity contribution in [1.82, 2.24) is 0 Å². The standard InChI is InChI=1S/C5H11Cl.2ClH/c1-2-3-4-5-6;;/h2-5H2,1H3;2*1H. The first-order valence-electron chi connectivity index (χ1n) is 2.47. The molecule has 0 saturated heterocycles. The number of hydrogen-bond acceptors (Lipinski definition) is 0. The maximum Gasteiger partial charge on any atom is 0.0223 e. The summed E-state index contributed by atoms with van der Waals surface area (Å²) in [7, 11) is 0. The molecular formula is C5H13Cl3. The summed E-state index contributed by atoms with van der Waals surface area (Å²) in [6, 6.07) is 0. The molecule has 0 unspecified atom stereocenters. The highest BCUT2D eigenvalue weighted by Gasteiger charge is 1.76. The average Bonchev–Trinajstić information content (AvgIpc) is 1.61. The normalized spacial score (nSPS) is 6.75. The van der Waals surface area contributed by atoms with Crippen LogP contribution in [0.3, 0.4) is 0 Å². The molecule has 0 heterocycles. The zero-order chi connectivity index (χ0) is 4.83. The lowest BCUT2D eigenvalue weighted by Crippen LogP contribution is -1.70. The first kappa shape index (κ1) is 15.9. The molecule has 0 fully saturated rings. The number of hydrogen-bond donors (Lipinski definition) is 0. The third-order valence-electron chi connectivity index (χ3n) is 0.737. The zero-order valence-electron chi connectivity index (χ0n) is 5.02. The summed E-state index contributed by atoms with van der Waals surface area (Å²) in [6.45, 7) is 2.17. The average molecular weight is 180 g/mol. The van der Waals surface area contributed by atoms with Crippen LogP contribution in [0.5, 0.6) is 0 Å². The van der Waals surface area contributed by atoms with Crippen molar-refractivity contribution < 1.29 is 0 Å². The molecule has 0 nitrogen and oxygen atoms in total. The SMILES string of the molecule is CCCCCCl.Cl.Cl. The predicted molar refractivity (Wildman–Crippen MR) is 44.7 cm³/mol. The lowest BCUT2D eigenvalue weighted by molar-refractivity contribution is 0.776. The third kappa shape index (κ3) is 15.8. The first-order chi connectivity index (χ1) is 2.91. The highest BCUT2D eigenvalue weighted by molar-refractivity contribution is 6.17. The fraction of sp³-hybridized carbons (Fsp3) is 1.00. The van der Waals surface area contributed by atoms with E-state index in [4.69, 9.17) is 11.6 Å². The molecular weight excluding hydrogens is 166 g/mol. The summed E-state index contributed by atoms with van der Waals surface area (Å²) in [5, 5.41) is 0. The topological polar surface area (TPSA) is 0 Å². The molecule has 0 atom stereocenters. The molecule has 0 aliphatic rings. The molecule has 0 rings (SSSR count).